The number of hydrogen-bond donors (Lipinski definition) is 2. The molecule has 7 heteroatoms. The van der Waals surface area contributed by atoms with E-state index in [9.17, 15) is 9.59 Å². The average Bonchev–Trinajstić information content (AvgIpc) is 3.72. The predicted octanol–water partition coefficient (Wildman–Crippen LogP) is 4.18. The monoisotopic (exact) mass is 485 g/mol. The molecule has 2 amide bonds. The van der Waals surface area contributed by atoms with Gasteiger partial charge in [-0.15, -0.1) is 0 Å². The molecule has 186 valence electrons. The van der Waals surface area contributed by atoms with Gasteiger partial charge in [-0.1, -0.05) is 36.4 Å². The molecule has 2 aliphatic rings. The number of fused-ring (bicyclic) bond motifs is 1. The zero-order valence-corrected chi connectivity index (χ0v) is 20.6. The Morgan fingerprint density at radius 2 is 1.69 bits per heavy atom. The molecule has 0 aromatic heterocycles. The number of nitrogens with one attached hydrogen (secondary N) is 2. The fourth-order valence-corrected chi connectivity index (χ4v) is 4.81. The van der Waals surface area contributed by atoms with Crippen LogP contribution >= 0.6 is 0 Å². The van der Waals surface area contributed by atoms with E-state index in [1.807, 2.05) is 36.4 Å². The number of rotatable bonds is 8. The summed E-state index contributed by atoms with van der Waals surface area (Å²) < 4.78 is 11.1. The van der Waals surface area contributed by atoms with Crippen LogP contribution in [0.3, 0.4) is 0 Å². The molecule has 1 aliphatic heterocycles. The lowest BCUT2D eigenvalue weighted by atomic mass is 9.87. The van der Waals surface area contributed by atoms with Gasteiger partial charge in [0.1, 0.15) is 0 Å². The van der Waals surface area contributed by atoms with Gasteiger partial charge < -0.3 is 20.1 Å². The fourth-order valence-electron chi connectivity index (χ4n) is 4.81. The van der Waals surface area contributed by atoms with E-state index in [1.54, 1.807) is 32.4 Å². The molecule has 0 saturated heterocycles. The minimum atomic E-state index is -0.125. The summed E-state index contributed by atoms with van der Waals surface area (Å²) in [6.45, 7) is 0.936. The average molecular weight is 486 g/mol. The lowest BCUT2D eigenvalue weighted by molar-refractivity contribution is -0.117. The Morgan fingerprint density at radius 3 is 2.42 bits per heavy atom. The molecule has 3 aromatic carbocycles. The molecule has 0 spiro atoms. The smallest absolute Gasteiger partial charge is 0.251 e. The molecule has 0 radical (unpaired) electrons. The van der Waals surface area contributed by atoms with E-state index < -0.39 is 0 Å². The Bertz CT molecular complexity index is 1260. The molecule has 1 atom stereocenters. The van der Waals surface area contributed by atoms with Crippen molar-refractivity contribution < 1.29 is 19.1 Å². The quantitative estimate of drug-likeness (QED) is 0.500. The summed E-state index contributed by atoms with van der Waals surface area (Å²) >= 11 is 0. The number of amides is 2. The number of nitrogens with zero attached hydrogens (tertiary/aromatic N) is 1. The van der Waals surface area contributed by atoms with E-state index in [0.29, 0.717) is 22.7 Å². The van der Waals surface area contributed by atoms with Crippen molar-refractivity contribution in [1.29, 1.82) is 0 Å². The molecular weight excluding hydrogens is 454 g/mol. The highest BCUT2D eigenvalue weighted by atomic mass is 16.5. The molecule has 2 N–H and O–H groups in total. The van der Waals surface area contributed by atoms with Gasteiger partial charge >= 0.3 is 0 Å². The van der Waals surface area contributed by atoms with E-state index in [1.165, 1.54) is 5.56 Å². The van der Waals surface area contributed by atoms with Crippen LogP contribution in [0.4, 0.5) is 5.69 Å². The Hall–Kier alpha value is -3.84. The molecule has 3 aromatic rings. The lowest BCUT2D eigenvalue weighted by Gasteiger charge is -2.37. The van der Waals surface area contributed by atoms with Crippen LogP contribution < -0.4 is 20.1 Å². The minimum Gasteiger partial charge on any atom is -0.493 e. The van der Waals surface area contributed by atoms with E-state index in [-0.39, 0.29) is 30.4 Å². The number of anilines is 1. The predicted molar refractivity (Wildman–Crippen MR) is 139 cm³/mol. The van der Waals surface area contributed by atoms with Gasteiger partial charge in [0.25, 0.3) is 5.91 Å². The van der Waals surface area contributed by atoms with E-state index in [4.69, 9.17) is 9.47 Å². The first-order chi connectivity index (χ1) is 17.6. The Morgan fingerprint density at radius 1 is 0.944 bits per heavy atom. The lowest BCUT2D eigenvalue weighted by Crippen LogP contribution is -2.41. The van der Waals surface area contributed by atoms with Gasteiger partial charge in [0.15, 0.2) is 11.5 Å². The van der Waals surface area contributed by atoms with Gasteiger partial charge in [-0.25, -0.2) is 0 Å². The summed E-state index contributed by atoms with van der Waals surface area (Å²) in [5.74, 6) is 1.15. The second-order valence-corrected chi connectivity index (χ2v) is 9.32. The largest absolute Gasteiger partial charge is 0.493 e. The van der Waals surface area contributed by atoms with Crippen LogP contribution in [0.15, 0.2) is 66.7 Å². The van der Waals surface area contributed by atoms with Crippen molar-refractivity contribution in [3.8, 4) is 11.5 Å². The standard InChI is InChI=1S/C29H31N3O4/c1-35-25-16-20-13-14-32(28(19-7-4-3-5-8-19)24(20)17-26(25)36-2)18-27(33)30-23-10-6-9-21(15-23)29(34)31-22-11-12-22/h3-10,15-17,22,28H,11-14,18H2,1-2H3,(H,30,33)(H,31,34). The minimum absolute atomic E-state index is 0.101. The normalized spacial score (nSPS) is 17.1. The van der Waals surface area contributed by atoms with Crippen LogP contribution in [0.2, 0.25) is 0 Å². The van der Waals surface area contributed by atoms with Crippen molar-refractivity contribution in [2.75, 3.05) is 32.6 Å². The third kappa shape index (κ3) is 5.21. The first kappa shape index (κ1) is 23.9. The highest BCUT2D eigenvalue weighted by molar-refractivity contribution is 5.97. The topological polar surface area (TPSA) is 79.9 Å². The van der Waals surface area contributed by atoms with Gasteiger partial charge in [-0.05, 0) is 66.3 Å². The molecule has 0 bridgehead atoms. The highest BCUT2D eigenvalue weighted by Gasteiger charge is 2.31. The van der Waals surface area contributed by atoms with Crippen LogP contribution in [0.5, 0.6) is 11.5 Å². The molecule has 1 unspecified atom stereocenters. The fraction of sp³-hybridized carbons (Fsp3) is 0.310. The summed E-state index contributed by atoms with van der Waals surface area (Å²) in [4.78, 5) is 27.8. The summed E-state index contributed by atoms with van der Waals surface area (Å²) in [6, 6.07) is 21.5. The van der Waals surface area contributed by atoms with Crippen LogP contribution in [-0.2, 0) is 11.2 Å². The maximum atomic E-state index is 13.2. The zero-order chi connectivity index (χ0) is 25.1. The van der Waals surface area contributed by atoms with E-state index in [0.717, 1.165) is 36.9 Å². The van der Waals surface area contributed by atoms with Crippen molar-refractivity contribution >= 4 is 17.5 Å². The second kappa shape index (κ2) is 10.4. The van der Waals surface area contributed by atoms with Crippen molar-refractivity contribution in [2.45, 2.75) is 31.3 Å². The Labute approximate surface area is 211 Å². The van der Waals surface area contributed by atoms with Crippen molar-refractivity contribution in [2.24, 2.45) is 0 Å². The Balaban J connectivity index is 1.37. The number of carbonyl (C=O) groups excluding carboxylic acids is 2. The second-order valence-electron chi connectivity index (χ2n) is 9.32. The van der Waals surface area contributed by atoms with E-state index >= 15 is 0 Å². The van der Waals surface area contributed by atoms with Gasteiger partial charge in [-0.2, -0.15) is 0 Å². The van der Waals surface area contributed by atoms with Gasteiger partial charge in [0, 0.05) is 23.8 Å². The van der Waals surface area contributed by atoms with Crippen LogP contribution in [0.1, 0.15) is 45.9 Å². The van der Waals surface area contributed by atoms with Crippen molar-refractivity contribution in [1.82, 2.24) is 10.2 Å². The summed E-state index contributed by atoms with van der Waals surface area (Å²) in [5.41, 5.74) is 4.57. The number of methoxy groups -OCH3 is 2. The molecule has 1 heterocycles. The number of benzene rings is 3. The summed E-state index contributed by atoms with van der Waals surface area (Å²) in [5, 5.41) is 5.97. The molecule has 36 heavy (non-hydrogen) atoms. The number of carbonyl (C=O) groups is 2. The molecule has 1 saturated carbocycles. The number of hydrogen-bond acceptors (Lipinski definition) is 5. The van der Waals surface area contributed by atoms with Crippen LogP contribution in [0, 0.1) is 0 Å². The first-order valence-electron chi connectivity index (χ1n) is 12.3. The van der Waals surface area contributed by atoms with Crippen LogP contribution in [-0.4, -0.2) is 50.1 Å². The Kier molecular flexibility index (Phi) is 6.91. The molecule has 5 rings (SSSR count). The zero-order valence-electron chi connectivity index (χ0n) is 20.6. The number of ether oxygens (including phenoxy) is 2. The SMILES string of the molecule is COc1cc2c(cc1OC)C(c1ccccc1)N(CC(=O)Nc1cccc(C(=O)NC3CC3)c1)CC2. The van der Waals surface area contributed by atoms with Gasteiger partial charge in [0.2, 0.25) is 5.91 Å². The summed E-state index contributed by atoms with van der Waals surface area (Å²) in [7, 11) is 3.28. The maximum absolute atomic E-state index is 13.2. The molecular formula is C29H31N3O4. The van der Waals surface area contributed by atoms with Crippen molar-refractivity contribution in [3.63, 3.8) is 0 Å². The van der Waals surface area contributed by atoms with Crippen LogP contribution in [0.25, 0.3) is 0 Å². The van der Waals surface area contributed by atoms with Gasteiger partial charge in [-0.3, -0.25) is 14.5 Å². The van der Waals surface area contributed by atoms with Gasteiger partial charge in [0.05, 0.1) is 26.8 Å². The highest BCUT2D eigenvalue weighted by Crippen LogP contribution is 2.40. The maximum Gasteiger partial charge on any atom is 0.251 e. The third-order valence-corrected chi connectivity index (χ3v) is 6.76. The van der Waals surface area contributed by atoms with E-state index in [2.05, 4.69) is 27.7 Å². The summed E-state index contributed by atoms with van der Waals surface area (Å²) in [6.07, 6.45) is 2.86. The van der Waals surface area contributed by atoms with Crippen molar-refractivity contribution in [3.05, 3.63) is 89.0 Å². The molecule has 1 fully saturated rings. The first-order valence-corrected chi connectivity index (χ1v) is 12.3. The third-order valence-electron chi connectivity index (χ3n) is 6.76. The molecule has 1 aliphatic carbocycles. The molecule has 7 nitrogen and oxygen atoms in total.